The van der Waals surface area contributed by atoms with Gasteiger partial charge in [-0.25, -0.2) is 0 Å². The summed E-state index contributed by atoms with van der Waals surface area (Å²) in [6, 6.07) is 11.1. The van der Waals surface area contributed by atoms with Gasteiger partial charge in [0, 0.05) is 37.9 Å². The van der Waals surface area contributed by atoms with Gasteiger partial charge < -0.3 is 9.80 Å². The molecule has 68 heavy (non-hydrogen) atoms. The molecule has 0 amide bonds. The van der Waals surface area contributed by atoms with E-state index < -0.39 is 0 Å². The summed E-state index contributed by atoms with van der Waals surface area (Å²) < 4.78 is 3.07. The molecule has 3 heterocycles. The molecule has 9 aliphatic rings. The van der Waals surface area contributed by atoms with Gasteiger partial charge in [-0.15, -0.1) is 11.3 Å². The van der Waals surface area contributed by atoms with Crippen LogP contribution in [0.3, 0.4) is 0 Å². The third kappa shape index (κ3) is 6.59. The van der Waals surface area contributed by atoms with Crippen LogP contribution in [0, 0.1) is 53.3 Å². The van der Waals surface area contributed by atoms with E-state index in [0.29, 0.717) is 35.5 Å². The van der Waals surface area contributed by atoms with E-state index in [-0.39, 0.29) is 40.5 Å². The van der Waals surface area contributed by atoms with Crippen LogP contribution in [0.1, 0.15) is 158 Å². The first-order chi connectivity index (χ1) is 32.1. The van der Waals surface area contributed by atoms with E-state index in [4.69, 9.17) is 0 Å². The predicted octanol–water partition coefficient (Wildman–Crippen LogP) is 16.0. The Labute approximate surface area is 415 Å². The van der Waals surface area contributed by atoms with Crippen molar-refractivity contribution < 1.29 is 0 Å². The Kier molecular flexibility index (Phi) is 10.1. The molecule has 0 N–H and O–H groups in total. The summed E-state index contributed by atoms with van der Waals surface area (Å²) in [5.74, 6) is 3.15. The van der Waals surface area contributed by atoms with E-state index in [1.807, 2.05) is 0 Å². The zero-order valence-corrected chi connectivity index (χ0v) is 45.0. The maximum atomic E-state index is 2.96. The quantitative estimate of drug-likeness (QED) is 0.242. The minimum absolute atomic E-state index is 0.131. The molecule has 7 aliphatic carbocycles. The molecule has 1 saturated carbocycles. The maximum Gasteiger partial charge on any atom is 0.264 e. The standard InChI is InChI=1S/C64H79BN2S/c1-36-28-54-58-55(29-36)67(52-30-42(21-20-39(52)4)57-40(5)16-15-17-41(57)6)53-34-45-38(3)19-18-37(2)44(45)33-51(53)65(58)60-59(46-32-49-50(35-56(46)68-60)64(13,14)27-26-63(49,11)12)66(54)43-22-23-47-48(31-43)62(9,10)25-24-61(47,7)8/h15-17,20-23,28-30,32-33,35,37-40,43,45,52,57H,18-19,24-27,31,34H2,1-14H3. The molecule has 2 aromatic carbocycles. The van der Waals surface area contributed by atoms with E-state index in [9.17, 15) is 0 Å². The molecule has 12 rings (SSSR count). The van der Waals surface area contributed by atoms with Crippen LogP contribution in [0.15, 0.2) is 118 Å². The van der Waals surface area contributed by atoms with E-state index in [1.165, 1.54) is 82.4 Å². The minimum Gasteiger partial charge on any atom is -0.338 e. The highest BCUT2D eigenvalue weighted by Gasteiger charge is 2.52. The van der Waals surface area contributed by atoms with Gasteiger partial charge >= 0.3 is 0 Å². The van der Waals surface area contributed by atoms with Crippen LogP contribution >= 0.6 is 11.3 Å². The molecule has 8 unspecified atom stereocenters. The van der Waals surface area contributed by atoms with Gasteiger partial charge in [0.25, 0.3) is 6.71 Å². The fraction of sp³-hybridized carbons (Fsp3) is 0.531. The van der Waals surface area contributed by atoms with E-state index >= 15 is 0 Å². The largest absolute Gasteiger partial charge is 0.338 e. The normalized spacial score (nSPS) is 32.4. The molecule has 2 nitrogen and oxygen atoms in total. The Bertz CT molecular complexity index is 2950. The van der Waals surface area contributed by atoms with Gasteiger partial charge in [-0.05, 0) is 180 Å². The smallest absolute Gasteiger partial charge is 0.264 e. The van der Waals surface area contributed by atoms with Crippen molar-refractivity contribution in [3.05, 3.63) is 135 Å². The summed E-state index contributed by atoms with van der Waals surface area (Å²) in [7, 11) is 0. The lowest BCUT2D eigenvalue weighted by Gasteiger charge is -2.52. The van der Waals surface area contributed by atoms with Crippen molar-refractivity contribution in [2.75, 3.05) is 9.80 Å². The highest BCUT2D eigenvalue weighted by Crippen LogP contribution is 2.57. The van der Waals surface area contributed by atoms with E-state index in [1.54, 1.807) is 49.3 Å². The lowest BCUT2D eigenvalue weighted by molar-refractivity contribution is 0.256. The Morgan fingerprint density at radius 1 is 0.706 bits per heavy atom. The molecule has 8 atom stereocenters. The number of anilines is 3. The summed E-state index contributed by atoms with van der Waals surface area (Å²) in [5.41, 5.74) is 22.4. The molecule has 0 radical (unpaired) electrons. The van der Waals surface area contributed by atoms with Gasteiger partial charge in [0.1, 0.15) is 0 Å². The van der Waals surface area contributed by atoms with Gasteiger partial charge in [0.05, 0.1) is 17.8 Å². The van der Waals surface area contributed by atoms with E-state index in [0.717, 1.165) is 12.8 Å². The van der Waals surface area contributed by atoms with Crippen LogP contribution < -0.4 is 20.0 Å². The van der Waals surface area contributed by atoms with Gasteiger partial charge in [-0.1, -0.05) is 154 Å². The summed E-state index contributed by atoms with van der Waals surface area (Å²) in [4.78, 5) is 5.89. The number of aryl methyl sites for hydroxylation is 1. The fourth-order valence-corrected chi connectivity index (χ4v) is 16.9. The Hall–Kier alpha value is -4.02. The summed E-state index contributed by atoms with van der Waals surface area (Å²) in [6.07, 6.45) is 32.7. The summed E-state index contributed by atoms with van der Waals surface area (Å²) in [6.45, 7) is 35.2. The van der Waals surface area contributed by atoms with Gasteiger partial charge in [0.15, 0.2) is 0 Å². The van der Waals surface area contributed by atoms with Crippen molar-refractivity contribution >= 4 is 55.4 Å². The Balaban J connectivity index is 1.14. The topological polar surface area (TPSA) is 6.48 Å². The first-order valence-electron chi connectivity index (χ1n) is 27.1. The van der Waals surface area contributed by atoms with E-state index in [2.05, 4.69) is 197 Å². The monoisotopic (exact) mass is 919 g/mol. The SMILES string of the molecule is CC1=CC=CC(C)C1C1=CC(N2C3=C(C=C4C(C)CCC(C)C4C3)B3c4sc5cc6c(cc5c4N(C4C=CC5=C(C4)C(C)(C)CCC5(C)C)c4cc(C)cc2c43)C(C)(C)CCC6(C)C)C(C)C=C1. The predicted molar refractivity (Wildman–Crippen MR) is 296 cm³/mol. The average Bonchev–Trinajstić information content (AvgIpc) is 3.66. The number of hydrogen-bond donors (Lipinski definition) is 0. The second-order valence-corrected chi connectivity index (χ2v) is 27.6. The molecule has 4 heteroatoms. The van der Waals surface area contributed by atoms with Gasteiger partial charge in [-0.3, -0.25) is 0 Å². The van der Waals surface area contributed by atoms with Crippen molar-refractivity contribution in [2.45, 2.75) is 171 Å². The number of nitrogens with zero attached hydrogens (tertiary/aromatic N) is 2. The highest BCUT2D eigenvalue weighted by molar-refractivity contribution is 7.33. The molecule has 1 fully saturated rings. The van der Waals surface area contributed by atoms with Gasteiger partial charge in [-0.2, -0.15) is 0 Å². The van der Waals surface area contributed by atoms with Crippen molar-refractivity contribution in [3.8, 4) is 0 Å². The molecule has 0 bridgehead atoms. The van der Waals surface area contributed by atoms with Crippen LogP contribution in [-0.2, 0) is 10.8 Å². The second-order valence-electron chi connectivity index (χ2n) is 26.5. The van der Waals surface area contributed by atoms with Crippen LogP contribution in [0.2, 0.25) is 0 Å². The second kappa shape index (κ2) is 15.2. The van der Waals surface area contributed by atoms with Gasteiger partial charge in [0.2, 0.25) is 0 Å². The number of fused-ring (bicyclic) bond motifs is 7. The zero-order valence-electron chi connectivity index (χ0n) is 44.2. The molecular formula is C64H79BN2S. The van der Waals surface area contributed by atoms with Crippen LogP contribution in [-0.4, -0.2) is 18.8 Å². The first-order valence-corrected chi connectivity index (χ1v) is 27.9. The van der Waals surface area contributed by atoms with Crippen LogP contribution in [0.25, 0.3) is 10.1 Å². The molecule has 0 saturated heterocycles. The first kappa shape index (κ1) is 45.1. The number of rotatable bonds is 3. The number of thiophene rings is 1. The summed E-state index contributed by atoms with van der Waals surface area (Å²) >= 11 is 2.15. The Morgan fingerprint density at radius 3 is 2.13 bits per heavy atom. The summed E-state index contributed by atoms with van der Waals surface area (Å²) in [5, 5.41) is 1.49. The molecular weight excluding hydrogens is 840 g/mol. The van der Waals surface area contributed by atoms with Crippen molar-refractivity contribution in [1.29, 1.82) is 0 Å². The van der Waals surface area contributed by atoms with Crippen molar-refractivity contribution in [1.82, 2.24) is 0 Å². The zero-order chi connectivity index (χ0) is 47.7. The molecule has 1 aromatic heterocycles. The molecule has 2 aliphatic heterocycles. The number of benzene rings is 2. The molecule has 354 valence electrons. The fourth-order valence-electron chi connectivity index (χ4n) is 15.6. The lowest BCUT2D eigenvalue weighted by atomic mass is 9.34. The Morgan fingerprint density at radius 2 is 1.40 bits per heavy atom. The third-order valence-electron chi connectivity index (χ3n) is 20.1. The number of allylic oxidation sites excluding steroid dienone is 12. The number of hydrogen-bond acceptors (Lipinski definition) is 3. The average molecular weight is 919 g/mol. The lowest BCUT2D eigenvalue weighted by Crippen LogP contribution is -2.60. The third-order valence-corrected chi connectivity index (χ3v) is 21.3. The van der Waals surface area contributed by atoms with Crippen molar-refractivity contribution in [3.63, 3.8) is 0 Å². The maximum absolute atomic E-state index is 2.96. The molecule has 0 spiro atoms. The van der Waals surface area contributed by atoms with Crippen molar-refractivity contribution in [2.24, 2.45) is 46.3 Å². The minimum atomic E-state index is 0.131. The van der Waals surface area contributed by atoms with Crippen LogP contribution in [0.4, 0.5) is 17.1 Å². The molecule has 3 aromatic rings. The van der Waals surface area contributed by atoms with Crippen LogP contribution in [0.5, 0.6) is 0 Å². The highest BCUT2D eigenvalue weighted by atomic mass is 32.1.